The number of hydrogen-bond donors (Lipinski definition) is 2. The van der Waals surface area contributed by atoms with Crippen LogP contribution in [0.2, 0.25) is 0 Å². The number of imidazole rings is 1. The molecule has 30 heavy (non-hydrogen) atoms. The quantitative estimate of drug-likeness (QED) is 0.456. The lowest BCUT2D eigenvalue weighted by Crippen LogP contribution is -2.12. The fourth-order valence-corrected chi connectivity index (χ4v) is 4.34. The fraction of sp³-hybridized carbons (Fsp3) is 0.200. The van der Waals surface area contributed by atoms with E-state index in [4.69, 9.17) is 10.1 Å². The van der Waals surface area contributed by atoms with Gasteiger partial charge in [0.25, 0.3) is 0 Å². The molecule has 8 nitrogen and oxygen atoms in total. The van der Waals surface area contributed by atoms with Gasteiger partial charge < -0.3 is 10.2 Å². The van der Waals surface area contributed by atoms with E-state index in [1.54, 1.807) is 16.6 Å². The van der Waals surface area contributed by atoms with Crippen molar-refractivity contribution in [3.05, 3.63) is 60.3 Å². The predicted molar refractivity (Wildman–Crippen MR) is 121 cm³/mol. The van der Waals surface area contributed by atoms with Crippen LogP contribution >= 0.6 is 11.3 Å². The zero-order valence-corrected chi connectivity index (χ0v) is 18.2. The minimum absolute atomic E-state index is 0.118. The van der Waals surface area contributed by atoms with Crippen LogP contribution in [-0.4, -0.2) is 43.7 Å². The van der Waals surface area contributed by atoms with Crippen LogP contribution in [0.3, 0.4) is 0 Å². The average molecular weight is 443 g/mol. The molecule has 156 valence electrons. The van der Waals surface area contributed by atoms with Gasteiger partial charge in [0.1, 0.15) is 0 Å². The van der Waals surface area contributed by atoms with Gasteiger partial charge in [0.2, 0.25) is 20.1 Å². The molecule has 0 aliphatic carbocycles. The number of primary sulfonamides is 1. The molecule has 0 unspecified atom stereocenters. The van der Waals surface area contributed by atoms with E-state index in [0.29, 0.717) is 6.54 Å². The molecule has 0 spiro atoms. The Balaban J connectivity index is 1.40. The lowest BCUT2D eigenvalue weighted by atomic mass is 10.1. The minimum Gasteiger partial charge on any atom is -0.378 e. The number of rotatable bonds is 7. The third kappa shape index (κ3) is 4.45. The Morgan fingerprint density at radius 2 is 1.93 bits per heavy atom. The van der Waals surface area contributed by atoms with Gasteiger partial charge in [-0.2, -0.15) is 0 Å². The molecule has 0 aliphatic rings. The van der Waals surface area contributed by atoms with E-state index in [9.17, 15) is 8.42 Å². The summed E-state index contributed by atoms with van der Waals surface area (Å²) in [5.74, 6) is 0. The van der Waals surface area contributed by atoms with E-state index >= 15 is 0 Å². The number of nitrogens with two attached hydrogens (primary N) is 1. The topological polar surface area (TPSA) is 106 Å². The molecule has 4 rings (SSSR count). The van der Waals surface area contributed by atoms with Crippen molar-refractivity contribution in [2.24, 2.45) is 5.14 Å². The molecule has 0 radical (unpaired) electrons. The second-order valence-electron chi connectivity index (χ2n) is 7.07. The molecule has 0 atom stereocenters. The molecule has 4 aromatic rings. The second kappa shape index (κ2) is 8.05. The molecule has 0 saturated carbocycles. The highest BCUT2D eigenvalue weighted by atomic mass is 32.2. The number of nitrogens with one attached hydrogen (secondary N) is 1. The van der Waals surface area contributed by atoms with E-state index in [1.807, 2.05) is 32.4 Å². The largest absolute Gasteiger partial charge is 0.378 e. The summed E-state index contributed by atoms with van der Waals surface area (Å²) < 4.78 is 24.4. The highest BCUT2D eigenvalue weighted by molar-refractivity contribution is 7.89. The van der Waals surface area contributed by atoms with Gasteiger partial charge in [-0.05, 0) is 36.2 Å². The maximum absolute atomic E-state index is 11.3. The number of hydrogen-bond acceptors (Lipinski definition) is 7. The standard InChI is InChI=1S/C20H22N6O2S2/c1-25(2)16-5-3-4-15(12-16)18-13-26-20(23-18)29-19(24-26)22-11-10-14-6-8-17(9-7-14)30(21,27)28/h3-9,12-13H,10-11H2,1-2H3,(H,22,24)(H2,21,27,28). The normalized spacial score (nSPS) is 11.7. The Hall–Kier alpha value is -2.95. The molecule has 0 saturated heterocycles. The third-order valence-electron chi connectivity index (χ3n) is 4.64. The molecule has 0 fully saturated rings. The van der Waals surface area contributed by atoms with Gasteiger partial charge in [-0.1, -0.05) is 35.6 Å². The van der Waals surface area contributed by atoms with E-state index in [2.05, 4.69) is 27.4 Å². The number of benzene rings is 2. The van der Waals surface area contributed by atoms with Crippen LogP contribution in [0.4, 0.5) is 10.8 Å². The van der Waals surface area contributed by atoms with Gasteiger partial charge in [0.15, 0.2) is 0 Å². The molecule has 2 heterocycles. The van der Waals surface area contributed by atoms with Crippen molar-refractivity contribution in [1.29, 1.82) is 0 Å². The van der Waals surface area contributed by atoms with Gasteiger partial charge >= 0.3 is 0 Å². The summed E-state index contributed by atoms with van der Waals surface area (Å²) in [7, 11) is 0.367. The molecular weight excluding hydrogens is 420 g/mol. The van der Waals surface area contributed by atoms with Crippen molar-refractivity contribution in [2.45, 2.75) is 11.3 Å². The highest BCUT2D eigenvalue weighted by Gasteiger charge is 2.11. The average Bonchev–Trinajstić information content (AvgIpc) is 3.27. The van der Waals surface area contributed by atoms with Gasteiger partial charge in [-0.25, -0.2) is 23.1 Å². The summed E-state index contributed by atoms with van der Waals surface area (Å²) in [5.41, 5.74) is 4.07. The van der Waals surface area contributed by atoms with Crippen LogP contribution in [0.5, 0.6) is 0 Å². The first-order valence-electron chi connectivity index (χ1n) is 9.29. The minimum atomic E-state index is -3.66. The van der Waals surface area contributed by atoms with Crippen LogP contribution in [0.25, 0.3) is 16.2 Å². The molecule has 2 aromatic heterocycles. The fourth-order valence-electron chi connectivity index (χ4n) is 3.01. The molecular formula is C20H22N6O2S2. The van der Waals surface area contributed by atoms with E-state index in [-0.39, 0.29) is 4.90 Å². The first-order valence-corrected chi connectivity index (χ1v) is 11.7. The Bertz CT molecular complexity index is 1240. The predicted octanol–water partition coefficient (Wildman–Crippen LogP) is 2.83. The van der Waals surface area contributed by atoms with Gasteiger partial charge in [0.05, 0.1) is 16.8 Å². The first-order chi connectivity index (χ1) is 14.3. The van der Waals surface area contributed by atoms with E-state index in [1.165, 1.54) is 23.5 Å². The Labute approximate surface area is 179 Å². The molecule has 3 N–H and O–H groups in total. The van der Waals surface area contributed by atoms with Crippen LogP contribution in [0, 0.1) is 0 Å². The van der Waals surface area contributed by atoms with Crippen molar-refractivity contribution in [2.75, 3.05) is 30.9 Å². The summed E-state index contributed by atoms with van der Waals surface area (Å²) in [6.07, 6.45) is 2.66. The van der Waals surface area contributed by atoms with Crippen molar-refractivity contribution in [3.8, 4) is 11.3 Å². The first kappa shape index (κ1) is 20.3. The Morgan fingerprint density at radius 3 is 2.60 bits per heavy atom. The number of aromatic nitrogens is 3. The monoisotopic (exact) mass is 442 g/mol. The molecule has 0 amide bonds. The molecule has 10 heteroatoms. The second-order valence-corrected chi connectivity index (χ2v) is 9.59. The lowest BCUT2D eigenvalue weighted by molar-refractivity contribution is 0.598. The van der Waals surface area contributed by atoms with Crippen molar-refractivity contribution in [3.63, 3.8) is 0 Å². The number of anilines is 2. The smallest absolute Gasteiger partial charge is 0.238 e. The third-order valence-corrected chi connectivity index (χ3v) is 6.45. The van der Waals surface area contributed by atoms with Crippen molar-refractivity contribution in [1.82, 2.24) is 14.6 Å². The highest BCUT2D eigenvalue weighted by Crippen LogP contribution is 2.26. The van der Waals surface area contributed by atoms with Gasteiger partial charge in [0, 0.05) is 31.9 Å². The van der Waals surface area contributed by atoms with Gasteiger partial charge in [-0.15, -0.1) is 5.10 Å². The van der Waals surface area contributed by atoms with Gasteiger partial charge in [-0.3, -0.25) is 0 Å². The van der Waals surface area contributed by atoms with Crippen molar-refractivity contribution >= 4 is 37.1 Å². The number of nitrogens with zero attached hydrogens (tertiary/aromatic N) is 4. The van der Waals surface area contributed by atoms with Crippen LogP contribution < -0.4 is 15.4 Å². The van der Waals surface area contributed by atoms with Crippen LogP contribution in [0.1, 0.15) is 5.56 Å². The summed E-state index contributed by atoms with van der Waals surface area (Å²) in [6.45, 7) is 0.670. The summed E-state index contributed by atoms with van der Waals surface area (Å²) >= 11 is 1.49. The number of sulfonamides is 1. The lowest BCUT2D eigenvalue weighted by Gasteiger charge is -2.12. The van der Waals surface area contributed by atoms with Crippen LogP contribution in [-0.2, 0) is 16.4 Å². The maximum Gasteiger partial charge on any atom is 0.238 e. The number of fused-ring (bicyclic) bond motifs is 1. The molecule has 0 aliphatic heterocycles. The Morgan fingerprint density at radius 1 is 1.17 bits per heavy atom. The summed E-state index contributed by atoms with van der Waals surface area (Å²) in [5, 5.41) is 13.7. The zero-order valence-electron chi connectivity index (χ0n) is 16.6. The zero-order chi connectivity index (χ0) is 21.3. The Kier molecular flexibility index (Phi) is 5.46. The summed E-state index contributed by atoms with van der Waals surface area (Å²) in [4.78, 5) is 7.69. The SMILES string of the molecule is CN(C)c1cccc(-c2cn3nc(NCCc4ccc(S(N)(=O)=O)cc4)sc3n2)c1. The van der Waals surface area contributed by atoms with E-state index in [0.717, 1.165) is 39.0 Å². The maximum atomic E-state index is 11.3. The van der Waals surface area contributed by atoms with Crippen LogP contribution in [0.15, 0.2) is 59.6 Å². The van der Waals surface area contributed by atoms with E-state index < -0.39 is 10.0 Å². The van der Waals surface area contributed by atoms with Crippen molar-refractivity contribution < 1.29 is 8.42 Å². The molecule has 2 aromatic carbocycles. The summed E-state index contributed by atoms with van der Waals surface area (Å²) in [6, 6.07) is 14.8. The molecule has 0 bridgehead atoms.